The molecule has 1 atom stereocenters. The van der Waals surface area contributed by atoms with Gasteiger partial charge in [-0.2, -0.15) is 5.10 Å². The molecule has 7 nitrogen and oxygen atoms in total. The number of pyridine rings is 1. The number of carbonyl (C=O) groups excluding carboxylic acids is 2. The summed E-state index contributed by atoms with van der Waals surface area (Å²) in [6.45, 7) is 6.01. The van der Waals surface area contributed by atoms with Crippen molar-refractivity contribution in [2.75, 3.05) is 6.61 Å². The minimum Gasteiger partial charge on any atom is -0.450 e. The van der Waals surface area contributed by atoms with Crippen LogP contribution in [0.2, 0.25) is 0 Å². The largest absolute Gasteiger partial charge is 0.450 e. The van der Waals surface area contributed by atoms with Crippen molar-refractivity contribution in [3.63, 3.8) is 0 Å². The first kappa shape index (κ1) is 22.5. The van der Waals surface area contributed by atoms with Gasteiger partial charge in [0.1, 0.15) is 6.04 Å². The van der Waals surface area contributed by atoms with E-state index in [-0.39, 0.29) is 0 Å². The van der Waals surface area contributed by atoms with Gasteiger partial charge in [-0.3, -0.25) is 9.78 Å². The van der Waals surface area contributed by atoms with Crippen LogP contribution in [0.4, 0.5) is 4.79 Å². The van der Waals surface area contributed by atoms with Crippen LogP contribution in [0.3, 0.4) is 0 Å². The average Bonchev–Trinajstić information content (AvgIpc) is 3.57. The van der Waals surface area contributed by atoms with Gasteiger partial charge in [0.15, 0.2) is 0 Å². The smallest absolute Gasteiger partial charge is 0.407 e. The predicted octanol–water partition coefficient (Wildman–Crippen LogP) is 4.14. The summed E-state index contributed by atoms with van der Waals surface area (Å²) in [7, 11) is 0. The highest BCUT2D eigenvalue weighted by atomic mass is 16.5. The third-order valence-electron chi connectivity index (χ3n) is 5.11. The number of amides is 2. The van der Waals surface area contributed by atoms with Crippen LogP contribution in [0.5, 0.6) is 0 Å². The van der Waals surface area contributed by atoms with Crippen molar-refractivity contribution in [3.8, 4) is 11.3 Å². The van der Waals surface area contributed by atoms with Crippen LogP contribution in [0.15, 0.2) is 53.8 Å². The molecule has 0 saturated heterocycles. The maximum atomic E-state index is 12.6. The second-order valence-electron chi connectivity index (χ2n) is 8.88. The van der Waals surface area contributed by atoms with E-state index < -0.39 is 23.5 Å². The first-order valence-electron chi connectivity index (χ1n) is 10.6. The lowest BCUT2D eigenvalue weighted by Crippen LogP contribution is -2.52. The molecular formula is C24H30N4O3. The zero-order valence-corrected chi connectivity index (χ0v) is 18.3. The minimum absolute atomic E-state index is 0.377. The maximum Gasteiger partial charge on any atom is 0.407 e. The zero-order chi connectivity index (χ0) is 22.3. The Balaban J connectivity index is 1.53. The van der Waals surface area contributed by atoms with Gasteiger partial charge in [-0.25, -0.2) is 10.2 Å². The van der Waals surface area contributed by atoms with Gasteiger partial charge in [0.25, 0.3) is 5.91 Å². The SMILES string of the molecule is CC(C)(C)[C@H](NC(=O)OCCC1CC1)C(=O)N/N=C/c1ccc(-c2ccccn2)cc1. The molecule has 2 amide bonds. The molecule has 164 valence electrons. The van der Waals surface area contributed by atoms with E-state index in [4.69, 9.17) is 4.74 Å². The number of carbonyl (C=O) groups is 2. The van der Waals surface area contributed by atoms with Gasteiger partial charge in [0.2, 0.25) is 0 Å². The fraction of sp³-hybridized carbons (Fsp3) is 0.417. The third kappa shape index (κ3) is 7.20. The van der Waals surface area contributed by atoms with Crippen molar-refractivity contribution in [1.29, 1.82) is 0 Å². The highest BCUT2D eigenvalue weighted by Gasteiger charge is 2.33. The molecule has 7 heteroatoms. The molecule has 0 aliphatic heterocycles. The van der Waals surface area contributed by atoms with Crippen LogP contribution in [0.25, 0.3) is 11.3 Å². The number of hydrogen-bond donors (Lipinski definition) is 2. The van der Waals surface area contributed by atoms with E-state index in [1.807, 2.05) is 63.2 Å². The Morgan fingerprint density at radius 3 is 2.55 bits per heavy atom. The van der Waals surface area contributed by atoms with Crippen molar-refractivity contribution in [3.05, 3.63) is 54.2 Å². The summed E-state index contributed by atoms with van der Waals surface area (Å²) >= 11 is 0. The van der Waals surface area contributed by atoms with Gasteiger partial charge in [-0.1, -0.05) is 63.9 Å². The molecule has 0 spiro atoms. The lowest BCUT2D eigenvalue weighted by Gasteiger charge is -2.29. The molecule has 1 aliphatic rings. The normalized spacial score (nSPS) is 14.8. The van der Waals surface area contributed by atoms with E-state index in [2.05, 4.69) is 20.8 Å². The van der Waals surface area contributed by atoms with Crippen LogP contribution < -0.4 is 10.7 Å². The molecule has 2 aromatic rings. The number of alkyl carbamates (subject to hydrolysis) is 1. The minimum atomic E-state index is -0.774. The average molecular weight is 423 g/mol. The molecule has 1 aliphatic carbocycles. The van der Waals surface area contributed by atoms with Crippen LogP contribution in [0.1, 0.15) is 45.6 Å². The molecule has 31 heavy (non-hydrogen) atoms. The summed E-state index contributed by atoms with van der Waals surface area (Å²) < 4.78 is 5.22. The molecule has 1 heterocycles. The molecular weight excluding hydrogens is 392 g/mol. The van der Waals surface area contributed by atoms with E-state index in [0.717, 1.165) is 23.2 Å². The fourth-order valence-corrected chi connectivity index (χ4v) is 3.07. The third-order valence-corrected chi connectivity index (χ3v) is 5.11. The van der Waals surface area contributed by atoms with Gasteiger partial charge in [-0.05, 0) is 35.4 Å². The molecule has 1 aromatic heterocycles. The summed E-state index contributed by atoms with van der Waals surface area (Å²) in [5, 5.41) is 6.72. The number of rotatable bonds is 8. The molecule has 1 aromatic carbocycles. The molecule has 0 unspecified atom stereocenters. The van der Waals surface area contributed by atoms with Gasteiger partial charge >= 0.3 is 6.09 Å². The first-order valence-corrected chi connectivity index (χ1v) is 10.6. The van der Waals surface area contributed by atoms with Crippen LogP contribution >= 0.6 is 0 Å². The molecule has 2 N–H and O–H groups in total. The second kappa shape index (κ2) is 10.2. The Kier molecular flexibility index (Phi) is 7.39. The Morgan fingerprint density at radius 1 is 1.19 bits per heavy atom. The second-order valence-corrected chi connectivity index (χ2v) is 8.88. The quantitative estimate of drug-likeness (QED) is 0.494. The highest BCUT2D eigenvalue weighted by Crippen LogP contribution is 2.32. The van der Waals surface area contributed by atoms with Crippen LogP contribution in [-0.2, 0) is 9.53 Å². The van der Waals surface area contributed by atoms with Crippen molar-refractivity contribution in [1.82, 2.24) is 15.7 Å². The van der Waals surface area contributed by atoms with Gasteiger partial charge < -0.3 is 10.1 Å². The zero-order valence-electron chi connectivity index (χ0n) is 18.3. The molecule has 1 fully saturated rings. The molecule has 0 radical (unpaired) electrons. The van der Waals surface area contributed by atoms with Crippen molar-refractivity contribution in [2.45, 2.75) is 46.1 Å². The molecule has 0 bridgehead atoms. The van der Waals surface area contributed by atoms with Gasteiger partial charge in [0, 0.05) is 11.8 Å². The maximum absolute atomic E-state index is 12.6. The summed E-state index contributed by atoms with van der Waals surface area (Å²) in [5.41, 5.74) is 4.74. The first-order chi connectivity index (χ1) is 14.8. The van der Waals surface area contributed by atoms with Crippen LogP contribution in [0, 0.1) is 11.3 Å². The predicted molar refractivity (Wildman–Crippen MR) is 120 cm³/mol. The number of hydrogen-bond acceptors (Lipinski definition) is 5. The number of ether oxygens (including phenoxy) is 1. The Hall–Kier alpha value is -3.22. The Labute approximate surface area is 183 Å². The fourth-order valence-electron chi connectivity index (χ4n) is 3.07. The van der Waals surface area contributed by atoms with Crippen LogP contribution in [-0.4, -0.2) is 35.8 Å². The summed E-state index contributed by atoms with van der Waals surface area (Å²) in [4.78, 5) is 29.1. The summed E-state index contributed by atoms with van der Waals surface area (Å²) in [5.74, 6) is 0.287. The van der Waals surface area contributed by atoms with E-state index >= 15 is 0 Å². The number of nitrogens with one attached hydrogen (secondary N) is 2. The standard InChI is InChI=1S/C24H30N4O3/c1-24(2,3)21(27-23(30)31-15-13-17-7-8-17)22(29)28-26-16-18-9-11-19(12-10-18)20-6-4-5-14-25-20/h4-6,9-12,14,16-17,21H,7-8,13,15H2,1-3H3,(H,27,30)(H,28,29)/b26-16+/t21-/m1/s1. The van der Waals surface area contributed by atoms with Gasteiger partial charge in [-0.15, -0.1) is 0 Å². The number of aromatic nitrogens is 1. The van der Waals surface area contributed by atoms with Gasteiger partial charge in [0.05, 0.1) is 18.5 Å². The number of benzene rings is 1. The van der Waals surface area contributed by atoms with E-state index in [9.17, 15) is 9.59 Å². The van der Waals surface area contributed by atoms with E-state index in [1.54, 1.807) is 12.4 Å². The summed E-state index contributed by atoms with van der Waals surface area (Å²) in [6.07, 6.45) is 6.04. The topological polar surface area (TPSA) is 92.7 Å². The monoisotopic (exact) mass is 422 g/mol. The highest BCUT2D eigenvalue weighted by molar-refractivity contribution is 5.88. The van der Waals surface area contributed by atoms with E-state index in [1.165, 1.54) is 12.8 Å². The lowest BCUT2D eigenvalue weighted by atomic mass is 9.86. The Morgan fingerprint density at radius 2 is 1.94 bits per heavy atom. The molecule has 3 rings (SSSR count). The van der Waals surface area contributed by atoms with Crippen molar-refractivity contribution < 1.29 is 14.3 Å². The van der Waals surface area contributed by atoms with Crippen molar-refractivity contribution >= 4 is 18.2 Å². The molecule has 1 saturated carbocycles. The Bertz CT molecular complexity index is 901. The van der Waals surface area contributed by atoms with E-state index in [0.29, 0.717) is 12.5 Å². The van der Waals surface area contributed by atoms with Crippen molar-refractivity contribution in [2.24, 2.45) is 16.4 Å². The summed E-state index contributed by atoms with van der Waals surface area (Å²) in [6, 6.07) is 12.7. The number of hydrazone groups is 1. The lowest BCUT2D eigenvalue weighted by molar-refractivity contribution is -0.125. The number of nitrogens with zero attached hydrogens (tertiary/aromatic N) is 2.